The first-order valence-electron chi connectivity index (χ1n) is 5.81. The van der Waals surface area contributed by atoms with Crippen molar-refractivity contribution in [3.63, 3.8) is 0 Å². The monoisotopic (exact) mass is 233 g/mol. The fourth-order valence-electron chi connectivity index (χ4n) is 2.16. The van der Waals surface area contributed by atoms with Crippen molar-refractivity contribution >= 4 is 5.69 Å². The van der Waals surface area contributed by atoms with Crippen LogP contribution in [0.25, 0.3) is 0 Å². The number of hydrogen-bond acceptors (Lipinski definition) is 3. The van der Waals surface area contributed by atoms with Crippen LogP contribution in [0.1, 0.15) is 18.9 Å². The highest BCUT2D eigenvalue weighted by Crippen LogP contribution is 2.24. The molecule has 0 aliphatic carbocycles. The molecule has 4 heteroatoms. The summed E-state index contributed by atoms with van der Waals surface area (Å²) in [4.78, 5) is 2.05. The Morgan fingerprint density at radius 2 is 2.24 bits per heavy atom. The third kappa shape index (κ3) is 2.56. The van der Waals surface area contributed by atoms with E-state index in [4.69, 9.17) is 11.0 Å². The van der Waals surface area contributed by atoms with Gasteiger partial charge in [-0.15, -0.1) is 0 Å². The van der Waals surface area contributed by atoms with E-state index in [-0.39, 0.29) is 11.9 Å². The minimum atomic E-state index is -0.369. The fourth-order valence-corrected chi connectivity index (χ4v) is 2.16. The van der Waals surface area contributed by atoms with Gasteiger partial charge in [0.25, 0.3) is 0 Å². The molecule has 2 atom stereocenters. The largest absolute Gasteiger partial charge is 0.370 e. The van der Waals surface area contributed by atoms with Crippen LogP contribution >= 0.6 is 0 Å². The fraction of sp³-hybridized carbons (Fsp3) is 0.462. The van der Waals surface area contributed by atoms with E-state index in [1.54, 1.807) is 6.07 Å². The van der Waals surface area contributed by atoms with Crippen LogP contribution in [0.15, 0.2) is 18.2 Å². The van der Waals surface area contributed by atoms with Crippen molar-refractivity contribution in [3.8, 4) is 6.07 Å². The maximum Gasteiger partial charge on any atom is 0.126 e. The predicted octanol–water partition coefficient (Wildman–Crippen LogP) is 1.87. The molecule has 17 heavy (non-hydrogen) atoms. The average Bonchev–Trinajstić information content (AvgIpc) is 2.32. The lowest BCUT2D eigenvalue weighted by Gasteiger charge is -2.36. The van der Waals surface area contributed by atoms with Crippen LogP contribution in [-0.2, 0) is 0 Å². The number of benzene rings is 1. The summed E-state index contributed by atoms with van der Waals surface area (Å²) in [6.07, 6.45) is 1.000. The molecule has 0 radical (unpaired) electrons. The van der Waals surface area contributed by atoms with Gasteiger partial charge in [-0.1, -0.05) is 6.92 Å². The van der Waals surface area contributed by atoms with Crippen molar-refractivity contribution in [3.05, 3.63) is 29.6 Å². The van der Waals surface area contributed by atoms with Gasteiger partial charge >= 0.3 is 0 Å². The second-order valence-electron chi connectivity index (χ2n) is 4.69. The molecule has 3 nitrogen and oxygen atoms in total. The zero-order valence-electron chi connectivity index (χ0n) is 9.86. The zero-order chi connectivity index (χ0) is 12.4. The summed E-state index contributed by atoms with van der Waals surface area (Å²) in [5.41, 5.74) is 7.12. The molecule has 0 amide bonds. The van der Waals surface area contributed by atoms with E-state index >= 15 is 0 Å². The molecule has 0 spiro atoms. The lowest BCUT2D eigenvalue weighted by molar-refractivity contribution is 0.379. The van der Waals surface area contributed by atoms with Gasteiger partial charge in [0.05, 0.1) is 11.6 Å². The number of halogens is 1. The van der Waals surface area contributed by atoms with Crippen LogP contribution in [0.2, 0.25) is 0 Å². The van der Waals surface area contributed by atoms with Gasteiger partial charge in [0.2, 0.25) is 0 Å². The number of rotatable bonds is 1. The summed E-state index contributed by atoms with van der Waals surface area (Å²) in [5, 5.41) is 8.82. The Bertz CT molecular complexity index is 452. The summed E-state index contributed by atoms with van der Waals surface area (Å²) in [5.74, 6) is 0.126. The van der Waals surface area contributed by atoms with Gasteiger partial charge in [-0.2, -0.15) is 5.26 Å². The quantitative estimate of drug-likeness (QED) is 0.805. The van der Waals surface area contributed by atoms with Crippen molar-refractivity contribution in [2.75, 3.05) is 18.0 Å². The van der Waals surface area contributed by atoms with Crippen molar-refractivity contribution < 1.29 is 4.39 Å². The molecule has 2 unspecified atom stereocenters. The van der Waals surface area contributed by atoms with Crippen LogP contribution in [-0.4, -0.2) is 19.1 Å². The highest BCUT2D eigenvalue weighted by atomic mass is 19.1. The Labute approximate surface area is 101 Å². The number of nitrogens with two attached hydrogens (primary N) is 1. The minimum Gasteiger partial charge on any atom is -0.370 e. The lowest BCUT2D eigenvalue weighted by atomic mass is 9.94. The Balaban J connectivity index is 2.23. The van der Waals surface area contributed by atoms with Gasteiger partial charge in [-0.25, -0.2) is 4.39 Å². The molecule has 1 aromatic carbocycles. The summed E-state index contributed by atoms with van der Waals surface area (Å²) in [6.45, 7) is 3.72. The maximum absolute atomic E-state index is 13.3. The molecule has 1 aliphatic rings. The standard InChI is InChI=1S/C13H16FN3/c1-9-2-3-17(8-13(9)16)12-5-10(7-15)4-11(14)6-12/h4-6,9,13H,2-3,8,16H2,1H3. The van der Waals surface area contributed by atoms with Gasteiger partial charge in [0.1, 0.15) is 5.82 Å². The number of piperidine rings is 1. The topological polar surface area (TPSA) is 53.0 Å². The number of anilines is 1. The van der Waals surface area contributed by atoms with E-state index in [2.05, 4.69) is 11.8 Å². The molecule has 2 N–H and O–H groups in total. The summed E-state index contributed by atoms with van der Waals surface area (Å²) >= 11 is 0. The highest BCUT2D eigenvalue weighted by Gasteiger charge is 2.23. The first-order chi connectivity index (χ1) is 8.10. The van der Waals surface area contributed by atoms with Crippen molar-refractivity contribution in [2.24, 2.45) is 11.7 Å². The molecule has 1 aliphatic heterocycles. The smallest absolute Gasteiger partial charge is 0.126 e. The lowest BCUT2D eigenvalue weighted by Crippen LogP contribution is -2.47. The van der Waals surface area contributed by atoms with Crippen molar-refractivity contribution in [1.29, 1.82) is 5.26 Å². The van der Waals surface area contributed by atoms with Gasteiger partial charge in [0.15, 0.2) is 0 Å². The summed E-state index contributed by atoms with van der Waals surface area (Å²) in [7, 11) is 0. The van der Waals surface area contributed by atoms with Gasteiger partial charge in [0, 0.05) is 24.8 Å². The van der Waals surface area contributed by atoms with E-state index < -0.39 is 0 Å². The van der Waals surface area contributed by atoms with Crippen LogP contribution in [0.3, 0.4) is 0 Å². The Hall–Kier alpha value is -1.60. The minimum absolute atomic E-state index is 0.109. The molecule has 90 valence electrons. The first kappa shape index (κ1) is 11.9. The first-order valence-corrected chi connectivity index (χ1v) is 5.81. The summed E-state index contributed by atoms with van der Waals surface area (Å²) < 4.78 is 13.3. The van der Waals surface area contributed by atoms with Crippen molar-refractivity contribution in [2.45, 2.75) is 19.4 Å². The molecular weight excluding hydrogens is 217 g/mol. The Morgan fingerprint density at radius 3 is 2.88 bits per heavy atom. The van der Waals surface area contributed by atoms with Crippen LogP contribution in [0.5, 0.6) is 0 Å². The Kier molecular flexibility index (Phi) is 3.30. The summed E-state index contributed by atoms with van der Waals surface area (Å²) in [6, 6.07) is 6.50. The van der Waals surface area contributed by atoms with Crippen LogP contribution < -0.4 is 10.6 Å². The van der Waals surface area contributed by atoms with E-state index in [0.717, 1.165) is 25.2 Å². The second-order valence-corrected chi connectivity index (χ2v) is 4.69. The average molecular weight is 233 g/mol. The SMILES string of the molecule is CC1CCN(c2cc(F)cc(C#N)c2)CC1N. The molecule has 0 aromatic heterocycles. The van der Waals surface area contributed by atoms with Gasteiger partial charge in [-0.3, -0.25) is 0 Å². The molecule has 1 aromatic rings. The second kappa shape index (κ2) is 4.72. The van der Waals surface area contributed by atoms with E-state index in [1.165, 1.54) is 12.1 Å². The van der Waals surface area contributed by atoms with Crippen molar-refractivity contribution in [1.82, 2.24) is 0 Å². The van der Waals surface area contributed by atoms with Crippen LogP contribution in [0.4, 0.5) is 10.1 Å². The third-order valence-electron chi connectivity index (χ3n) is 3.39. The zero-order valence-corrected chi connectivity index (χ0v) is 9.86. The van der Waals surface area contributed by atoms with Crippen LogP contribution in [0, 0.1) is 23.1 Å². The number of hydrogen-bond donors (Lipinski definition) is 1. The normalized spacial score (nSPS) is 24.5. The highest BCUT2D eigenvalue weighted by molar-refractivity contribution is 5.52. The Morgan fingerprint density at radius 1 is 1.47 bits per heavy atom. The van der Waals surface area contributed by atoms with E-state index in [0.29, 0.717) is 11.5 Å². The molecule has 0 bridgehead atoms. The molecular formula is C13H16FN3. The third-order valence-corrected chi connectivity index (χ3v) is 3.39. The molecule has 1 fully saturated rings. The van der Waals surface area contributed by atoms with Gasteiger partial charge < -0.3 is 10.6 Å². The molecule has 2 rings (SSSR count). The molecule has 1 heterocycles. The molecule has 1 saturated heterocycles. The predicted molar refractivity (Wildman–Crippen MR) is 65.1 cm³/mol. The number of nitrogens with zero attached hydrogens (tertiary/aromatic N) is 2. The van der Waals surface area contributed by atoms with E-state index in [9.17, 15) is 4.39 Å². The maximum atomic E-state index is 13.3. The van der Waals surface area contributed by atoms with E-state index in [1.807, 2.05) is 6.07 Å². The number of nitriles is 1. The molecule has 0 saturated carbocycles. The van der Waals surface area contributed by atoms with Gasteiger partial charge in [-0.05, 0) is 30.5 Å².